The van der Waals surface area contributed by atoms with E-state index in [4.69, 9.17) is 16.3 Å². The summed E-state index contributed by atoms with van der Waals surface area (Å²) in [7, 11) is 0. The first kappa shape index (κ1) is 11.7. The van der Waals surface area contributed by atoms with Crippen molar-refractivity contribution in [3.05, 3.63) is 35.9 Å². The van der Waals surface area contributed by atoms with Crippen LogP contribution in [0.2, 0.25) is 0 Å². The summed E-state index contributed by atoms with van der Waals surface area (Å²) in [5.74, 6) is -1.01. The van der Waals surface area contributed by atoms with E-state index in [1.165, 1.54) is 0 Å². The van der Waals surface area contributed by atoms with Gasteiger partial charge in [0, 0.05) is 0 Å². The number of ketones is 1. The Morgan fingerprint density at radius 2 is 1.87 bits per heavy atom. The lowest BCUT2D eigenvalue weighted by Gasteiger charge is -2.03. The molecule has 0 radical (unpaired) electrons. The zero-order valence-corrected chi connectivity index (χ0v) is 8.87. The third-order valence-corrected chi connectivity index (χ3v) is 2.03. The molecule has 0 amide bonds. The van der Waals surface area contributed by atoms with Crippen LogP contribution in [0, 0.1) is 0 Å². The van der Waals surface area contributed by atoms with Crippen LogP contribution in [-0.4, -0.2) is 17.6 Å². The molecule has 0 saturated heterocycles. The average molecular weight is 227 g/mol. The monoisotopic (exact) mass is 226 g/mol. The molecule has 80 valence electrons. The summed E-state index contributed by atoms with van der Waals surface area (Å²) >= 11 is 5.26. The van der Waals surface area contributed by atoms with Crippen molar-refractivity contribution in [2.45, 2.75) is 13.0 Å². The lowest BCUT2D eigenvalue weighted by Crippen LogP contribution is -2.11. The second kappa shape index (κ2) is 6.19. The summed E-state index contributed by atoms with van der Waals surface area (Å²) in [6.07, 6.45) is -0.254. The third-order valence-electron chi connectivity index (χ3n) is 1.73. The number of Topliss-reactive ketones (excluding diaryl/α,β-unsaturated/α-hetero) is 1. The molecule has 0 aliphatic rings. The van der Waals surface area contributed by atoms with Crippen molar-refractivity contribution in [2.24, 2.45) is 0 Å². The smallest absolute Gasteiger partial charge is 0.313 e. The lowest BCUT2D eigenvalue weighted by atomic mass is 10.2. The van der Waals surface area contributed by atoms with Gasteiger partial charge in [0.2, 0.25) is 0 Å². The Morgan fingerprint density at radius 3 is 2.47 bits per heavy atom. The van der Waals surface area contributed by atoms with Crippen LogP contribution < -0.4 is 0 Å². The fourth-order valence-corrected chi connectivity index (χ4v) is 1.09. The molecule has 0 aliphatic heterocycles. The third kappa shape index (κ3) is 4.61. The van der Waals surface area contributed by atoms with Gasteiger partial charge in [0.1, 0.15) is 13.0 Å². The quantitative estimate of drug-likeness (QED) is 0.438. The molecule has 0 aromatic heterocycles. The first-order chi connectivity index (χ1) is 7.22. The molecular weight excluding hydrogens is 216 g/mol. The van der Waals surface area contributed by atoms with E-state index in [0.717, 1.165) is 5.56 Å². The van der Waals surface area contributed by atoms with Gasteiger partial charge in [0.15, 0.2) is 5.78 Å². The molecule has 3 nitrogen and oxygen atoms in total. The fourth-order valence-electron chi connectivity index (χ4n) is 0.997. The largest absolute Gasteiger partial charge is 0.460 e. The molecule has 0 spiro atoms. The molecule has 15 heavy (non-hydrogen) atoms. The minimum atomic E-state index is -0.537. The summed E-state index contributed by atoms with van der Waals surface area (Å²) < 4.78 is 4.88. The summed E-state index contributed by atoms with van der Waals surface area (Å²) in [6.45, 7) is 0.190. The number of esters is 1. The number of carbonyl (C=O) groups excluding carboxylic acids is 2. The second-order valence-electron chi connectivity index (χ2n) is 3.00. The number of benzene rings is 1. The first-order valence-corrected chi connectivity index (χ1v) is 5.03. The highest BCUT2D eigenvalue weighted by molar-refractivity contribution is 6.28. The molecule has 0 unspecified atom stereocenters. The Bertz CT molecular complexity index is 335. The maximum atomic E-state index is 11.1. The van der Waals surface area contributed by atoms with Crippen LogP contribution in [-0.2, 0) is 20.9 Å². The Kier molecular flexibility index (Phi) is 4.84. The van der Waals surface area contributed by atoms with Crippen molar-refractivity contribution in [3.8, 4) is 0 Å². The minimum Gasteiger partial charge on any atom is -0.460 e. The molecule has 0 heterocycles. The maximum Gasteiger partial charge on any atom is 0.313 e. The molecule has 0 fully saturated rings. The molecule has 1 rings (SSSR count). The first-order valence-electron chi connectivity index (χ1n) is 4.49. The lowest BCUT2D eigenvalue weighted by molar-refractivity contribution is -0.146. The number of carbonyl (C=O) groups is 2. The van der Waals surface area contributed by atoms with Crippen LogP contribution in [0.5, 0.6) is 0 Å². The van der Waals surface area contributed by atoms with Crippen molar-refractivity contribution in [1.82, 2.24) is 0 Å². The average Bonchev–Trinajstić information content (AvgIpc) is 2.27. The predicted octanol–water partition coefficient (Wildman–Crippen LogP) is 1.93. The van der Waals surface area contributed by atoms with E-state index >= 15 is 0 Å². The predicted molar refractivity (Wildman–Crippen MR) is 56.6 cm³/mol. The zero-order valence-electron chi connectivity index (χ0n) is 8.11. The second-order valence-corrected chi connectivity index (χ2v) is 3.26. The summed E-state index contributed by atoms with van der Waals surface area (Å²) in [6, 6.07) is 9.27. The van der Waals surface area contributed by atoms with Crippen molar-refractivity contribution in [2.75, 3.05) is 5.88 Å². The molecule has 0 bridgehead atoms. The summed E-state index contributed by atoms with van der Waals surface area (Å²) in [5, 5.41) is 0. The SMILES string of the molecule is O=C(CCl)CC(=O)OCc1ccccc1. The highest BCUT2D eigenvalue weighted by Crippen LogP contribution is 2.02. The Balaban J connectivity index is 2.32. The van der Waals surface area contributed by atoms with Crippen molar-refractivity contribution < 1.29 is 14.3 Å². The van der Waals surface area contributed by atoms with Crippen molar-refractivity contribution in [1.29, 1.82) is 0 Å². The number of halogens is 1. The van der Waals surface area contributed by atoms with Gasteiger partial charge in [-0.15, -0.1) is 11.6 Å². The minimum absolute atomic E-state index is 0.152. The number of hydrogen-bond donors (Lipinski definition) is 0. The standard InChI is InChI=1S/C11H11ClO3/c12-7-10(13)6-11(14)15-8-9-4-2-1-3-5-9/h1-5H,6-8H2. The topological polar surface area (TPSA) is 43.4 Å². The van der Waals surface area contributed by atoms with Crippen LogP contribution in [0.3, 0.4) is 0 Å². The maximum absolute atomic E-state index is 11.1. The van der Waals surface area contributed by atoms with E-state index in [9.17, 15) is 9.59 Å². The Labute approximate surface area is 93.0 Å². The van der Waals surface area contributed by atoms with Gasteiger partial charge in [0.05, 0.1) is 5.88 Å². The molecule has 4 heteroatoms. The van der Waals surface area contributed by atoms with Crippen LogP contribution in [0.1, 0.15) is 12.0 Å². The van der Waals surface area contributed by atoms with E-state index in [-0.39, 0.29) is 24.7 Å². The van der Waals surface area contributed by atoms with Crippen LogP contribution in [0.25, 0.3) is 0 Å². The van der Waals surface area contributed by atoms with E-state index in [0.29, 0.717) is 0 Å². The highest BCUT2D eigenvalue weighted by atomic mass is 35.5. The van der Waals surface area contributed by atoms with Gasteiger partial charge in [-0.1, -0.05) is 30.3 Å². The van der Waals surface area contributed by atoms with Gasteiger partial charge in [-0.3, -0.25) is 9.59 Å². The zero-order chi connectivity index (χ0) is 11.1. The van der Waals surface area contributed by atoms with Crippen LogP contribution in [0.4, 0.5) is 0 Å². The van der Waals surface area contributed by atoms with Gasteiger partial charge < -0.3 is 4.74 Å². The van der Waals surface area contributed by atoms with Crippen LogP contribution in [0.15, 0.2) is 30.3 Å². The van der Waals surface area contributed by atoms with E-state index in [2.05, 4.69) is 0 Å². The fraction of sp³-hybridized carbons (Fsp3) is 0.273. The normalized spacial score (nSPS) is 9.67. The summed E-state index contributed by atoms with van der Waals surface area (Å²) in [4.78, 5) is 21.9. The Morgan fingerprint density at radius 1 is 1.20 bits per heavy atom. The van der Waals surface area contributed by atoms with Gasteiger partial charge in [0.25, 0.3) is 0 Å². The molecular formula is C11H11ClO3. The Hall–Kier alpha value is -1.35. The molecule has 0 atom stereocenters. The highest BCUT2D eigenvalue weighted by Gasteiger charge is 2.09. The van der Waals surface area contributed by atoms with Gasteiger partial charge in [-0.05, 0) is 5.56 Å². The number of rotatable bonds is 5. The molecule has 0 aliphatic carbocycles. The van der Waals surface area contributed by atoms with E-state index < -0.39 is 5.97 Å². The number of ether oxygens (including phenoxy) is 1. The van der Waals surface area contributed by atoms with Gasteiger partial charge in [-0.25, -0.2) is 0 Å². The van der Waals surface area contributed by atoms with E-state index in [1.807, 2.05) is 30.3 Å². The molecule has 0 saturated carbocycles. The number of hydrogen-bond acceptors (Lipinski definition) is 3. The van der Waals surface area contributed by atoms with Crippen LogP contribution >= 0.6 is 11.6 Å². The molecule has 1 aromatic carbocycles. The van der Waals surface area contributed by atoms with Crippen molar-refractivity contribution in [3.63, 3.8) is 0 Å². The van der Waals surface area contributed by atoms with Gasteiger partial charge >= 0.3 is 5.97 Å². The van der Waals surface area contributed by atoms with Crippen molar-refractivity contribution >= 4 is 23.4 Å². The molecule has 1 aromatic rings. The van der Waals surface area contributed by atoms with E-state index in [1.54, 1.807) is 0 Å². The van der Waals surface area contributed by atoms with Gasteiger partial charge in [-0.2, -0.15) is 0 Å². The number of alkyl halides is 1. The molecule has 0 N–H and O–H groups in total. The summed E-state index contributed by atoms with van der Waals surface area (Å²) in [5.41, 5.74) is 0.893.